The number of phosphoric ester groups is 1. The van der Waals surface area contributed by atoms with Crippen molar-refractivity contribution in [2.45, 2.75) is 185 Å². The average Bonchev–Trinajstić information content (AvgIpc) is 3.07. The van der Waals surface area contributed by atoms with Crippen molar-refractivity contribution in [3.8, 4) is 0 Å². The minimum Gasteiger partial charge on any atom is -0.462 e. The van der Waals surface area contributed by atoms with E-state index in [1.54, 1.807) is 0 Å². The summed E-state index contributed by atoms with van der Waals surface area (Å²) < 4.78 is 33.2. The summed E-state index contributed by atoms with van der Waals surface area (Å²) in [5.74, 6) is -1.11. The van der Waals surface area contributed by atoms with Crippen molar-refractivity contribution in [2.75, 3.05) is 13.2 Å². The van der Waals surface area contributed by atoms with E-state index in [4.69, 9.17) is 18.5 Å². The largest absolute Gasteiger partial charge is 0.472 e. The van der Waals surface area contributed by atoms with Gasteiger partial charge in [0.05, 0.1) is 6.61 Å². The standard InChI is InChI=1S/C35H65O13P/c1-3-5-7-9-11-13-14-16-17-19-21-23-28(36)45-25-27(47-29(37)24-22-20-18-15-12-10-8-6-4-2)26-46-49(43,44)48-35-33(41)31(39)30(38)32(40)34(35)42/h9,11,27,30-35,38-42H,3-8,10,12-26H2,1-2H3,(H,43,44)/b11-9-/t27-,30?,31-,32?,33?,34?,35?/m1/s1. The number of allylic oxidation sites excluding steroid dienone is 2. The van der Waals surface area contributed by atoms with E-state index in [2.05, 4.69) is 26.0 Å². The minimum absolute atomic E-state index is 0.0979. The first kappa shape index (κ1) is 45.6. The van der Waals surface area contributed by atoms with Crippen molar-refractivity contribution >= 4 is 19.8 Å². The molecule has 0 radical (unpaired) electrons. The molecule has 49 heavy (non-hydrogen) atoms. The highest BCUT2D eigenvalue weighted by Crippen LogP contribution is 2.47. The normalized spacial score (nSPS) is 24.5. The number of hydrogen-bond acceptors (Lipinski definition) is 12. The van der Waals surface area contributed by atoms with Crippen LogP contribution in [0.1, 0.15) is 142 Å². The number of phosphoric acid groups is 1. The molecule has 1 saturated carbocycles. The molecule has 0 amide bonds. The zero-order valence-corrected chi connectivity index (χ0v) is 30.6. The van der Waals surface area contributed by atoms with E-state index < -0.39 is 75.7 Å². The maximum atomic E-state index is 12.7. The number of rotatable bonds is 29. The Labute approximate surface area is 293 Å². The number of carbonyl (C=O) groups is 2. The maximum Gasteiger partial charge on any atom is 0.472 e. The van der Waals surface area contributed by atoms with Crippen LogP contribution in [0.15, 0.2) is 12.2 Å². The lowest BCUT2D eigenvalue weighted by Crippen LogP contribution is -2.64. The summed E-state index contributed by atoms with van der Waals surface area (Å²) in [6.07, 6.45) is 10.3. The van der Waals surface area contributed by atoms with E-state index in [1.807, 2.05) is 0 Å². The van der Waals surface area contributed by atoms with Gasteiger partial charge in [0, 0.05) is 12.8 Å². The van der Waals surface area contributed by atoms with Gasteiger partial charge in [-0.05, 0) is 32.1 Å². The number of aliphatic hydroxyl groups excluding tert-OH is 5. The predicted molar refractivity (Wildman–Crippen MR) is 184 cm³/mol. The smallest absolute Gasteiger partial charge is 0.462 e. The third-order valence-electron chi connectivity index (χ3n) is 8.61. The molecule has 1 rings (SSSR count). The molecule has 13 nitrogen and oxygen atoms in total. The SMILES string of the molecule is CCCC/C=C\CCCCCCCC(=O)OC[C@H](COP(=O)(O)OC1C(O)C(O)C(O)[C@@H](O)C1O)OC(=O)CCCCCCCCCCC. The van der Waals surface area contributed by atoms with Gasteiger partial charge in [-0.3, -0.25) is 18.6 Å². The molecule has 6 unspecified atom stereocenters. The molecule has 0 aromatic carbocycles. The molecule has 6 N–H and O–H groups in total. The van der Waals surface area contributed by atoms with Gasteiger partial charge < -0.3 is 39.9 Å². The molecule has 1 aliphatic rings. The molecule has 0 aliphatic heterocycles. The second kappa shape index (κ2) is 27.3. The molecular formula is C35H65O13P. The first-order valence-corrected chi connectivity index (χ1v) is 20.0. The quantitative estimate of drug-likeness (QED) is 0.0255. The van der Waals surface area contributed by atoms with Crippen LogP contribution in [0.3, 0.4) is 0 Å². The van der Waals surface area contributed by atoms with Gasteiger partial charge in [-0.15, -0.1) is 0 Å². The summed E-state index contributed by atoms with van der Waals surface area (Å²) in [5.41, 5.74) is 0. The number of aliphatic hydroxyl groups is 5. The van der Waals surface area contributed by atoms with Crippen LogP contribution in [0.25, 0.3) is 0 Å². The summed E-state index contributed by atoms with van der Waals surface area (Å²) in [6, 6.07) is 0. The van der Waals surface area contributed by atoms with Crippen molar-refractivity contribution in [1.82, 2.24) is 0 Å². The highest BCUT2D eigenvalue weighted by molar-refractivity contribution is 7.47. The number of unbranched alkanes of at least 4 members (excludes halogenated alkanes) is 15. The van der Waals surface area contributed by atoms with Crippen LogP contribution in [-0.2, 0) is 32.7 Å². The van der Waals surface area contributed by atoms with Crippen LogP contribution in [0.4, 0.5) is 0 Å². The van der Waals surface area contributed by atoms with E-state index >= 15 is 0 Å². The molecule has 8 atom stereocenters. The first-order valence-electron chi connectivity index (χ1n) is 18.5. The van der Waals surface area contributed by atoms with Gasteiger partial charge >= 0.3 is 19.8 Å². The van der Waals surface area contributed by atoms with Crippen LogP contribution >= 0.6 is 7.82 Å². The summed E-state index contributed by atoms with van der Waals surface area (Å²) in [6.45, 7) is 3.17. The van der Waals surface area contributed by atoms with E-state index in [9.17, 15) is 44.6 Å². The minimum atomic E-state index is -5.10. The van der Waals surface area contributed by atoms with Gasteiger partial charge in [0.2, 0.25) is 0 Å². The number of ether oxygens (including phenoxy) is 2. The molecule has 0 aromatic heterocycles. The summed E-state index contributed by atoms with van der Waals surface area (Å²) >= 11 is 0. The monoisotopic (exact) mass is 724 g/mol. The molecule has 0 heterocycles. The Balaban J connectivity index is 2.57. The maximum absolute atomic E-state index is 12.7. The Morgan fingerprint density at radius 2 is 1.06 bits per heavy atom. The van der Waals surface area contributed by atoms with E-state index in [1.165, 1.54) is 38.5 Å². The molecule has 0 spiro atoms. The number of hydrogen-bond donors (Lipinski definition) is 6. The molecule has 0 saturated heterocycles. The number of esters is 2. The zero-order chi connectivity index (χ0) is 36.5. The van der Waals surface area contributed by atoms with Crippen molar-refractivity contribution in [2.24, 2.45) is 0 Å². The lowest BCUT2D eigenvalue weighted by Gasteiger charge is -2.41. The topological polar surface area (TPSA) is 210 Å². The molecule has 1 aliphatic carbocycles. The lowest BCUT2D eigenvalue weighted by molar-refractivity contribution is -0.220. The van der Waals surface area contributed by atoms with Crippen molar-refractivity contribution in [1.29, 1.82) is 0 Å². The Bertz CT molecular complexity index is 932. The summed E-state index contributed by atoms with van der Waals surface area (Å²) in [7, 11) is -5.10. The highest BCUT2D eigenvalue weighted by atomic mass is 31.2. The molecule has 288 valence electrons. The van der Waals surface area contributed by atoms with E-state index in [0.717, 1.165) is 64.2 Å². The Hall–Kier alpha value is -1.41. The molecule has 14 heteroatoms. The average molecular weight is 725 g/mol. The van der Waals surface area contributed by atoms with Gasteiger partial charge in [-0.2, -0.15) is 0 Å². The predicted octanol–water partition coefficient (Wildman–Crippen LogP) is 5.16. The van der Waals surface area contributed by atoms with Gasteiger partial charge in [0.25, 0.3) is 0 Å². The highest BCUT2D eigenvalue weighted by Gasteiger charge is 2.51. The van der Waals surface area contributed by atoms with Crippen LogP contribution in [0, 0.1) is 0 Å². The molecular weight excluding hydrogens is 659 g/mol. The van der Waals surface area contributed by atoms with E-state index in [-0.39, 0.29) is 12.8 Å². The zero-order valence-electron chi connectivity index (χ0n) is 29.7. The third kappa shape index (κ3) is 20.9. The van der Waals surface area contributed by atoms with Crippen molar-refractivity contribution < 1.29 is 63.1 Å². The second-order valence-corrected chi connectivity index (χ2v) is 14.5. The Morgan fingerprint density at radius 1 is 0.612 bits per heavy atom. The fourth-order valence-corrected chi connectivity index (χ4v) is 6.47. The Kier molecular flexibility index (Phi) is 25.4. The van der Waals surface area contributed by atoms with Gasteiger partial charge in [0.1, 0.15) is 43.2 Å². The van der Waals surface area contributed by atoms with Crippen molar-refractivity contribution in [3.63, 3.8) is 0 Å². The van der Waals surface area contributed by atoms with Crippen LogP contribution < -0.4 is 0 Å². The molecule has 0 bridgehead atoms. The van der Waals surface area contributed by atoms with Gasteiger partial charge in [-0.25, -0.2) is 4.57 Å². The molecule has 0 aromatic rings. The van der Waals surface area contributed by atoms with Gasteiger partial charge in [0.15, 0.2) is 6.10 Å². The number of carbonyl (C=O) groups excluding carboxylic acids is 2. The summed E-state index contributed by atoms with van der Waals surface area (Å²) in [5, 5.41) is 49.8. The first-order chi connectivity index (χ1) is 23.4. The second-order valence-electron chi connectivity index (χ2n) is 13.1. The lowest BCUT2D eigenvalue weighted by atomic mass is 9.85. The fourth-order valence-electron chi connectivity index (χ4n) is 5.50. The van der Waals surface area contributed by atoms with Crippen LogP contribution in [0.5, 0.6) is 0 Å². The van der Waals surface area contributed by atoms with Gasteiger partial charge in [-0.1, -0.05) is 109 Å². The molecule has 1 fully saturated rings. The fraction of sp³-hybridized carbons (Fsp3) is 0.886. The van der Waals surface area contributed by atoms with E-state index in [0.29, 0.717) is 12.8 Å². The Morgan fingerprint density at radius 3 is 1.61 bits per heavy atom. The summed E-state index contributed by atoms with van der Waals surface area (Å²) in [4.78, 5) is 35.3. The van der Waals surface area contributed by atoms with Crippen molar-refractivity contribution in [3.05, 3.63) is 12.2 Å². The third-order valence-corrected chi connectivity index (χ3v) is 9.59. The van der Waals surface area contributed by atoms with Crippen LogP contribution in [0.2, 0.25) is 0 Å². The van der Waals surface area contributed by atoms with Crippen LogP contribution in [-0.4, -0.2) is 98.3 Å².